The largest absolute Gasteiger partial charge is 0.456 e. The van der Waals surface area contributed by atoms with E-state index < -0.39 is 24.1 Å². The van der Waals surface area contributed by atoms with E-state index in [4.69, 9.17) is 4.74 Å². The Morgan fingerprint density at radius 2 is 1.95 bits per heavy atom. The van der Waals surface area contributed by atoms with Crippen LogP contribution < -0.4 is 5.32 Å². The molecule has 0 aromatic carbocycles. The number of nitrogens with zero attached hydrogens (tertiary/aromatic N) is 1. The van der Waals surface area contributed by atoms with Gasteiger partial charge in [0.15, 0.2) is 5.78 Å². The van der Waals surface area contributed by atoms with E-state index in [0.29, 0.717) is 18.8 Å². The summed E-state index contributed by atoms with van der Waals surface area (Å²) >= 11 is 0. The highest BCUT2D eigenvalue weighted by molar-refractivity contribution is 6.08. The standard InChI is InChI=1S/C14H20N2O5/c1-9-3-5-14(6-4-9)12(19)16(13(20)15-14)7-11(18)21-8-10(2)17/h9H,3-8H2,1-2H3,(H,15,20). The summed E-state index contributed by atoms with van der Waals surface area (Å²) < 4.78 is 4.69. The Kier molecular flexibility index (Phi) is 4.29. The minimum atomic E-state index is -0.857. The summed E-state index contributed by atoms with van der Waals surface area (Å²) in [5.74, 6) is -0.873. The molecule has 1 heterocycles. The van der Waals surface area contributed by atoms with Gasteiger partial charge in [0.05, 0.1) is 0 Å². The minimum Gasteiger partial charge on any atom is -0.456 e. The van der Waals surface area contributed by atoms with E-state index >= 15 is 0 Å². The van der Waals surface area contributed by atoms with Crippen molar-refractivity contribution in [3.8, 4) is 0 Å². The van der Waals surface area contributed by atoms with Crippen molar-refractivity contribution in [2.45, 2.75) is 45.1 Å². The maximum Gasteiger partial charge on any atom is 0.326 e. The first-order valence-electron chi connectivity index (χ1n) is 7.13. The third kappa shape index (κ3) is 3.22. The van der Waals surface area contributed by atoms with Crippen LogP contribution in [0.2, 0.25) is 0 Å². The van der Waals surface area contributed by atoms with Crippen LogP contribution in [-0.4, -0.2) is 47.3 Å². The maximum absolute atomic E-state index is 12.4. The molecule has 1 aliphatic carbocycles. The van der Waals surface area contributed by atoms with E-state index in [9.17, 15) is 19.2 Å². The van der Waals surface area contributed by atoms with Crippen LogP contribution in [0.3, 0.4) is 0 Å². The fourth-order valence-electron chi connectivity index (χ4n) is 2.77. The second-order valence-electron chi connectivity index (χ2n) is 5.95. The number of Topliss-reactive ketones (excluding diaryl/α,β-unsaturated/α-hetero) is 1. The van der Waals surface area contributed by atoms with Gasteiger partial charge in [0, 0.05) is 0 Å². The summed E-state index contributed by atoms with van der Waals surface area (Å²) in [7, 11) is 0. The zero-order chi connectivity index (χ0) is 15.6. The van der Waals surface area contributed by atoms with Crippen LogP contribution in [0.15, 0.2) is 0 Å². The molecule has 21 heavy (non-hydrogen) atoms. The number of ether oxygens (including phenoxy) is 1. The number of amides is 3. The normalized spacial score (nSPS) is 28.7. The molecule has 0 aromatic heterocycles. The summed E-state index contributed by atoms with van der Waals surface area (Å²) in [6, 6.07) is -0.561. The number of esters is 1. The molecule has 0 aromatic rings. The van der Waals surface area contributed by atoms with Gasteiger partial charge in [0.1, 0.15) is 18.7 Å². The van der Waals surface area contributed by atoms with E-state index in [2.05, 4.69) is 12.2 Å². The molecule has 1 spiro atoms. The number of hydrogen-bond donors (Lipinski definition) is 1. The Hall–Kier alpha value is -1.92. The van der Waals surface area contributed by atoms with Gasteiger partial charge in [-0.3, -0.25) is 19.3 Å². The Bertz CT molecular complexity index is 480. The Morgan fingerprint density at radius 3 is 2.52 bits per heavy atom. The van der Waals surface area contributed by atoms with E-state index in [1.807, 2.05) is 0 Å². The predicted molar refractivity (Wildman–Crippen MR) is 72.2 cm³/mol. The smallest absolute Gasteiger partial charge is 0.326 e. The molecule has 1 saturated heterocycles. The molecule has 0 unspecified atom stereocenters. The molecule has 1 saturated carbocycles. The van der Waals surface area contributed by atoms with Crippen LogP contribution in [0.4, 0.5) is 4.79 Å². The van der Waals surface area contributed by atoms with Crippen molar-refractivity contribution in [2.24, 2.45) is 5.92 Å². The molecule has 2 aliphatic rings. The maximum atomic E-state index is 12.4. The molecular weight excluding hydrogens is 276 g/mol. The van der Waals surface area contributed by atoms with Gasteiger partial charge in [-0.1, -0.05) is 6.92 Å². The van der Waals surface area contributed by atoms with Crippen LogP contribution >= 0.6 is 0 Å². The molecule has 116 valence electrons. The fraction of sp³-hybridized carbons (Fsp3) is 0.714. The lowest BCUT2D eigenvalue weighted by Gasteiger charge is -2.33. The molecule has 0 atom stereocenters. The Morgan fingerprint density at radius 1 is 1.33 bits per heavy atom. The number of rotatable bonds is 4. The second kappa shape index (κ2) is 5.83. The van der Waals surface area contributed by atoms with E-state index in [0.717, 1.165) is 17.7 Å². The minimum absolute atomic E-state index is 0.293. The van der Waals surface area contributed by atoms with Gasteiger partial charge in [0.25, 0.3) is 5.91 Å². The molecule has 7 heteroatoms. The van der Waals surface area contributed by atoms with E-state index in [-0.39, 0.29) is 18.3 Å². The molecule has 2 rings (SSSR count). The fourth-order valence-corrected chi connectivity index (χ4v) is 2.77. The van der Waals surface area contributed by atoms with Crippen molar-refractivity contribution in [2.75, 3.05) is 13.2 Å². The van der Waals surface area contributed by atoms with Crippen LogP contribution in [-0.2, 0) is 19.1 Å². The summed E-state index contributed by atoms with van der Waals surface area (Å²) in [5.41, 5.74) is -0.857. The average molecular weight is 296 g/mol. The summed E-state index contributed by atoms with van der Waals surface area (Å²) in [6.45, 7) is 2.62. The molecule has 2 fully saturated rings. The molecule has 3 amide bonds. The lowest BCUT2D eigenvalue weighted by atomic mass is 9.77. The van der Waals surface area contributed by atoms with Gasteiger partial charge in [0.2, 0.25) is 0 Å². The highest BCUT2D eigenvalue weighted by atomic mass is 16.5. The van der Waals surface area contributed by atoms with Crippen molar-refractivity contribution < 1.29 is 23.9 Å². The molecule has 0 bridgehead atoms. The van der Waals surface area contributed by atoms with Crippen LogP contribution in [0.5, 0.6) is 0 Å². The number of ketones is 1. The molecule has 7 nitrogen and oxygen atoms in total. The number of hydrogen-bond acceptors (Lipinski definition) is 5. The molecule has 0 radical (unpaired) electrons. The number of urea groups is 1. The van der Waals surface area contributed by atoms with Gasteiger partial charge in [-0.25, -0.2) is 4.79 Å². The first kappa shape index (κ1) is 15.5. The molecular formula is C14H20N2O5. The topological polar surface area (TPSA) is 92.8 Å². The van der Waals surface area contributed by atoms with Crippen molar-refractivity contribution in [3.05, 3.63) is 0 Å². The zero-order valence-corrected chi connectivity index (χ0v) is 12.3. The van der Waals surface area contributed by atoms with Gasteiger partial charge < -0.3 is 10.1 Å². The first-order valence-corrected chi connectivity index (χ1v) is 7.13. The van der Waals surface area contributed by atoms with Crippen molar-refractivity contribution >= 4 is 23.7 Å². The molecule has 1 aliphatic heterocycles. The number of imide groups is 1. The SMILES string of the molecule is CC(=O)COC(=O)CN1C(=O)NC2(CCC(C)CC2)C1=O. The lowest BCUT2D eigenvalue weighted by molar-refractivity contribution is -0.150. The number of carbonyl (C=O) groups excluding carboxylic acids is 4. The van der Waals surface area contributed by atoms with Crippen molar-refractivity contribution in [1.82, 2.24) is 10.2 Å². The summed E-state index contributed by atoms with van der Waals surface area (Å²) in [4.78, 5) is 47.6. The van der Waals surface area contributed by atoms with Gasteiger partial charge in [-0.15, -0.1) is 0 Å². The highest BCUT2D eigenvalue weighted by Gasteiger charge is 2.52. The third-order valence-corrected chi connectivity index (χ3v) is 4.10. The second-order valence-corrected chi connectivity index (χ2v) is 5.95. The summed E-state index contributed by atoms with van der Waals surface area (Å²) in [5, 5.41) is 2.72. The van der Waals surface area contributed by atoms with Crippen LogP contribution in [0.1, 0.15) is 39.5 Å². The Labute approximate surface area is 123 Å². The van der Waals surface area contributed by atoms with Crippen molar-refractivity contribution in [1.29, 1.82) is 0 Å². The van der Waals surface area contributed by atoms with Gasteiger partial charge >= 0.3 is 12.0 Å². The van der Waals surface area contributed by atoms with Gasteiger partial charge in [-0.05, 0) is 38.5 Å². The van der Waals surface area contributed by atoms with Crippen LogP contribution in [0, 0.1) is 5.92 Å². The van der Waals surface area contributed by atoms with Gasteiger partial charge in [-0.2, -0.15) is 0 Å². The Balaban J connectivity index is 1.98. The van der Waals surface area contributed by atoms with Crippen LogP contribution in [0.25, 0.3) is 0 Å². The zero-order valence-electron chi connectivity index (χ0n) is 12.3. The average Bonchev–Trinajstić information content (AvgIpc) is 2.65. The van der Waals surface area contributed by atoms with Crippen molar-refractivity contribution in [3.63, 3.8) is 0 Å². The lowest BCUT2D eigenvalue weighted by Crippen LogP contribution is -2.49. The molecule has 1 N–H and O–H groups in total. The number of carbonyl (C=O) groups is 4. The number of nitrogens with one attached hydrogen (secondary N) is 1. The van der Waals surface area contributed by atoms with E-state index in [1.165, 1.54) is 6.92 Å². The quantitative estimate of drug-likeness (QED) is 0.606. The monoisotopic (exact) mass is 296 g/mol. The summed E-state index contributed by atoms with van der Waals surface area (Å²) in [6.07, 6.45) is 2.93. The third-order valence-electron chi connectivity index (χ3n) is 4.10. The first-order chi connectivity index (χ1) is 9.84. The van der Waals surface area contributed by atoms with E-state index in [1.54, 1.807) is 0 Å². The highest BCUT2D eigenvalue weighted by Crippen LogP contribution is 2.36. The predicted octanol–water partition coefficient (Wildman–Crippen LogP) is 0.619.